The molecule has 2 saturated heterocycles. The number of halogens is 1. The molecule has 0 aromatic carbocycles. The zero-order valence-electron chi connectivity index (χ0n) is 14.2. The summed E-state index contributed by atoms with van der Waals surface area (Å²) in [6.07, 6.45) is -14.4. The van der Waals surface area contributed by atoms with Crippen molar-refractivity contribution in [1.82, 2.24) is 0 Å². The normalized spacial score (nSPS) is 48.3. The van der Waals surface area contributed by atoms with Crippen LogP contribution in [0.25, 0.3) is 0 Å². The SMILES string of the molecule is CC(=O)O[C@@]1(Br)[C@@H](OC[C@H]2O[C@@H](O)[C@H](O)[C@@H](O)[C@@H]2O)O[C@H](CO)[C@H](O)[C@@H]1O. The van der Waals surface area contributed by atoms with Gasteiger partial charge >= 0.3 is 5.97 Å². The fraction of sp³-hybridized carbons (Fsp3) is 0.929. The van der Waals surface area contributed by atoms with Crippen LogP contribution in [0.2, 0.25) is 0 Å². The second-order valence-electron chi connectivity index (χ2n) is 6.29. The largest absolute Gasteiger partial charge is 0.439 e. The highest BCUT2D eigenvalue weighted by Gasteiger charge is 2.58. The topological polar surface area (TPSA) is 196 Å². The Morgan fingerprint density at radius 1 is 1.00 bits per heavy atom. The summed E-state index contributed by atoms with van der Waals surface area (Å²) in [5, 5.41) is 68.2. The number of carbonyl (C=O) groups excluding carboxylic acids is 1. The van der Waals surface area contributed by atoms with Gasteiger partial charge in [-0.15, -0.1) is 0 Å². The maximum absolute atomic E-state index is 11.4. The number of aliphatic hydroxyl groups excluding tert-OH is 7. The number of rotatable bonds is 5. The smallest absolute Gasteiger partial charge is 0.304 e. The van der Waals surface area contributed by atoms with Crippen molar-refractivity contribution in [2.45, 2.75) is 66.7 Å². The van der Waals surface area contributed by atoms with Crippen LogP contribution in [0.15, 0.2) is 0 Å². The summed E-state index contributed by atoms with van der Waals surface area (Å²) in [5.74, 6) is -0.847. The number of hydrogen-bond donors (Lipinski definition) is 7. The second kappa shape index (κ2) is 8.92. The number of esters is 1. The molecule has 0 radical (unpaired) electrons. The van der Waals surface area contributed by atoms with Gasteiger partial charge in [0.25, 0.3) is 0 Å². The van der Waals surface area contributed by atoms with E-state index in [4.69, 9.17) is 18.9 Å². The molecule has 158 valence electrons. The average Bonchev–Trinajstić information content (AvgIpc) is 2.61. The maximum Gasteiger partial charge on any atom is 0.304 e. The van der Waals surface area contributed by atoms with Gasteiger partial charge in [-0.05, 0) is 15.9 Å². The summed E-state index contributed by atoms with van der Waals surface area (Å²) in [7, 11) is 0. The third-order valence-corrected chi connectivity index (χ3v) is 5.31. The zero-order chi connectivity index (χ0) is 20.5. The molecule has 2 heterocycles. The Bertz CT molecular complexity index is 522. The number of alkyl halides is 1. The number of ether oxygens (including phenoxy) is 4. The average molecular weight is 463 g/mol. The van der Waals surface area contributed by atoms with Gasteiger partial charge in [-0.1, -0.05) is 0 Å². The lowest BCUT2D eigenvalue weighted by Gasteiger charge is -2.47. The van der Waals surface area contributed by atoms with Crippen molar-refractivity contribution in [3.8, 4) is 0 Å². The minimum absolute atomic E-state index is 0.539. The van der Waals surface area contributed by atoms with E-state index in [0.717, 1.165) is 6.92 Å². The van der Waals surface area contributed by atoms with Crippen LogP contribution < -0.4 is 0 Å². The van der Waals surface area contributed by atoms with Crippen LogP contribution in [0.4, 0.5) is 0 Å². The summed E-state index contributed by atoms with van der Waals surface area (Å²) < 4.78 is 18.6. The van der Waals surface area contributed by atoms with E-state index in [1.807, 2.05) is 0 Å². The third-order valence-electron chi connectivity index (χ3n) is 4.31. The van der Waals surface area contributed by atoms with Crippen LogP contribution in [-0.2, 0) is 23.7 Å². The monoisotopic (exact) mass is 462 g/mol. The van der Waals surface area contributed by atoms with E-state index in [-0.39, 0.29) is 0 Å². The van der Waals surface area contributed by atoms with E-state index in [1.54, 1.807) is 0 Å². The van der Waals surface area contributed by atoms with Crippen molar-refractivity contribution >= 4 is 21.9 Å². The molecular formula is C14H23BrO12. The Balaban J connectivity index is 2.14. The second-order valence-corrected chi connectivity index (χ2v) is 7.53. The molecule has 7 N–H and O–H groups in total. The third kappa shape index (κ3) is 4.59. The fourth-order valence-corrected chi connectivity index (χ4v) is 3.53. The molecule has 12 nitrogen and oxygen atoms in total. The highest BCUT2D eigenvalue weighted by molar-refractivity contribution is 9.10. The Morgan fingerprint density at radius 3 is 2.19 bits per heavy atom. The molecule has 13 heteroatoms. The quantitative estimate of drug-likeness (QED) is 0.154. The molecule has 10 atom stereocenters. The van der Waals surface area contributed by atoms with Gasteiger partial charge in [0.15, 0.2) is 6.29 Å². The fourth-order valence-electron chi connectivity index (χ4n) is 2.79. The van der Waals surface area contributed by atoms with E-state index in [1.165, 1.54) is 0 Å². The summed E-state index contributed by atoms with van der Waals surface area (Å²) in [4.78, 5) is 11.4. The zero-order valence-corrected chi connectivity index (χ0v) is 15.7. The molecule has 0 spiro atoms. The van der Waals surface area contributed by atoms with Crippen molar-refractivity contribution in [3.05, 3.63) is 0 Å². The van der Waals surface area contributed by atoms with Gasteiger partial charge in [-0.3, -0.25) is 4.79 Å². The lowest BCUT2D eigenvalue weighted by molar-refractivity contribution is -0.333. The van der Waals surface area contributed by atoms with Crippen LogP contribution >= 0.6 is 15.9 Å². The van der Waals surface area contributed by atoms with Crippen molar-refractivity contribution in [3.63, 3.8) is 0 Å². The summed E-state index contributed by atoms with van der Waals surface area (Å²) in [5.41, 5.74) is 0. The summed E-state index contributed by atoms with van der Waals surface area (Å²) >= 11 is 2.97. The molecular weight excluding hydrogens is 440 g/mol. The molecule has 0 unspecified atom stereocenters. The minimum atomic E-state index is -2.06. The predicted octanol–water partition coefficient (Wildman–Crippen LogP) is -4.10. The van der Waals surface area contributed by atoms with Crippen molar-refractivity contribution in [2.75, 3.05) is 13.2 Å². The molecule has 0 aromatic rings. The van der Waals surface area contributed by atoms with Gasteiger partial charge in [0, 0.05) is 6.92 Å². The first-order chi connectivity index (χ1) is 12.5. The highest BCUT2D eigenvalue weighted by atomic mass is 79.9. The first kappa shape index (κ1) is 22.8. The van der Waals surface area contributed by atoms with Crippen molar-refractivity contribution < 1.29 is 59.5 Å². The van der Waals surface area contributed by atoms with Crippen LogP contribution in [0.5, 0.6) is 0 Å². The van der Waals surface area contributed by atoms with Gasteiger partial charge in [0.1, 0.15) is 42.7 Å². The lowest BCUT2D eigenvalue weighted by Crippen LogP contribution is -2.66. The number of hydrogen-bond acceptors (Lipinski definition) is 12. The Morgan fingerprint density at radius 2 is 1.63 bits per heavy atom. The van der Waals surface area contributed by atoms with Gasteiger partial charge < -0.3 is 54.7 Å². The van der Waals surface area contributed by atoms with E-state index >= 15 is 0 Å². The van der Waals surface area contributed by atoms with Crippen molar-refractivity contribution in [1.29, 1.82) is 0 Å². The molecule has 0 amide bonds. The molecule has 0 aliphatic carbocycles. The summed E-state index contributed by atoms with van der Waals surface area (Å²) in [6, 6.07) is 0. The first-order valence-corrected chi connectivity index (χ1v) is 8.82. The van der Waals surface area contributed by atoms with E-state index in [9.17, 15) is 40.5 Å². The maximum atomic E-state index is 11.4. The van der Waals surface area contributed by atoms with Crippen molar-refractivity contribution in [2.24, 2.45) is 0 Å². The number of carbonyl (C=O) groups is 1. The molecule has 0 bridgehead atoms. The van der Waals surface area contributed by atoms with E-state index in [2.05, 4.69) is 15.9 Å². The van der Waals surface area contributed by atoms with Crippen LogP contribution in [-0.4, -0.2) is 115 Å². The van der Waals surface area contributed by atoms with Gasteiger partial charge in [0.2, 0.25) is 10.8 Å². The van der Waals surface area contributed by atoms with E-state index in [0.29, 0.717) is 0 Å². The summed E-state index contributed by atoms with van der Waals surface area (Å²) in [6.45, 7) is -0.185. The van der Waals surface area contributed by atoms with Crippen LogP contribution in [0.1, 0.15) is 6.92 Å². The molecule has 0 saturated carbocycles. The van der Waals surface area contributed by atoms with Crippen LogP contribution in [0, 0.1) is 0 Å². The predicted molar refractivity (Wildman–Crippen MR) is 86.0 cm³/mol. The van der Waals surface area contributed by atoms with E-state index < -0.39 is 79.0 Å². The van der Waals surface area contributed by atoms with Crippen LogP contribution in [0.3, 0.4) is 0 Å². The molecule has 2 aliphatic rings. The van der Waals surface area contributed by atoms with Gasteiger partial charge in [-0.2, -0.15) is 0 Å². The minimum Gasteiger partial charge on any atom is -0.439 e. The highest BCUT2D eigenvalue weighted by Crippen LogP contribution is 2.39. The standard InChI is InChI=1S/C14H23BrO12/c1-4(17)27-14(15)11(22)8(19)5(2-16)26-13(14)24-3-6-7(18)9(20)10(21)12(23)25-6/h5-13,16,18-23H,2-3H2,1H3/t5-,6-,7-,8+,9+,10-,11+,12-,13+,14-/m1/s1. The number of aliphatic hydroxyl groups is 7. The Kier molecular flexibility index (Phi) is 7.54. The molecule has 27 heavy (non-hydrogen) atoms. The molecule has 2 fully saturated rings. The van der Waals surface area contributed by atoms with Gasteiger partial charge in [0.05, 0.1) is 13.2 Å². The first-order valence-electron chi connectivity index (χ1n) is 8.03. The molecule has 2 aliphatic heterocycles. The Hall–Kier alpha value is -0.450. The Labute approximate surface area is 162 Å². The molecule has 0 aromatic heterocycles. The van der Waals surface area contributed by atoms with Gasteiger partial charge in [-0.25, -0.2) is 0 Å². The molecule has 2 rings (SSSR count). The lowest BCUT2D eigenvalue weighted by atomic mass is 9.98.